The Labute approximate surface area is 136 Å². The number of alkyl halides is 3. The molecule has 0 bridgehead atoms. The Kier molecular flexibility index (Phi) is 5.28. The van der Waals surface area contributed by atoms with Crippen molar-refractivity contribution in [3.63, 3.8) is 0 Å². The second-order valence-corrected chi connectivity index (χ2v) is 4.96. The molecule has 0 saturated heterocycles. The molecule has 0 atom stereocenters. The van der Waals surface area contributed by atoms with Gasteiger partial charge in [0.05, 0.1) is 17.0 Å². The highest BCUT2D eigenvalue weighted by Crippen LogP contribution is 2.34. The number of benzene rings is 1. The zero-order chi connectivity index (χ0) is 16.9. The van der Waals surface area contributed by atoms with Crippen molar-refractivity contribution in [2.75, 3.05) is 5.32 Å². The number of hydrogen-bond donors (Lipinski definition) is 2. The Morgan fingerprint density at radius 3 is 2.57 bits per heavy atom. The van der Waals surface area contributed by atoms with Crippen LogP contribution in [0.2, 0.25) is 0 Å². The molecule has 2 aromatic rings. The molecular weight excluding hydrogens is 325 g/mol. The molecule has 2 N–H and O–H groups in total. The summed E-state index contributed by atoms with van der Waals surface area (Å²) in [6.07, 6.45) is -1.21. The smallest absolute Gasteiger partial charge is 0.331 e. The molecule has 0 amide bonds. The van der Waals surface area contributed by atoms with E-state index in [1.54, 1.807) is 25.4 Å². The van der Waals surface area contributed by atoms with E-state index in [4.69, 9.17) is 12.2 Å². The number of halogens is 3. The number of hydrazone groups is 1. The third-order valence-electron chi connectivity index (χ3n) is 2.89. The van der Waals surface area contributed by atoms with Crippen LogP contribution in [0.5, 0.6) is 0 Å². The SMILES string of the molecule is C/C(=N/NC(=S)Nc1ccccc1C(F)(F)F)c1cccnc1. The minimum absolute atomic E-state index is 0.0371. The molecule has 1 aromatic heterocycles. The molecule has 1 aromatic carbocycles. The van der Waals surface area contributed by atoms with E-state index in [-0.39, 0.29) is 10.8 Å². The summed E-state index contributed by atoms with van der Waals surface area (Å²) in [5.41, 5.74) is 2.97. The summed E-state index contributed by atoms with van der Waals surface area (Å²) in [4.78, 5) is 3.96. The number of nitrogens with one attached hydrogen (secondary N) is 2. The van der Waals surface area contributed by atoms with Gasteiger partial charge in [-0.15, -0.1) is 0 Å². The second kappa shape index (κ2) is 7.19. The monoisotopic (exact) mass is 338 g/mol. The molecule has 0 spiro atoms. The second-order valence-electron chi connectivity index (χ2n) is 4.55. The minimum atomic E-state index is -4.46. The summed E-state index contributed by atoms with van der Waals surface area (Å²) >= 11 is 4.97. The van der Waals surface area contributed by atoms with Crippen LogP contribution in [-0.4, -0.2) is 15.8 Å². The Morgan fingerprint density at radius 1 is 1.17 bits per heavy atom. The van der Waals surface area contributed by atoms with Crippen molar-refractivity contribution in [1.82, 2.24) is 10.4 Å². The summed E-state index contributed by atoms with van der Waals surface area (Å²) in [6, 6.07) is 8.65. The number of rotatable bonds is 3. The van der Waals surface area contributed by atoms with Gasteiger partial charge in [0, 0.05) is 18.0 Å². The average Bonchev–Trinajstić information content (AvgIpc) is 2.53. The van der Waals surface area contributed by atoms with E-state index in [0.717, 1.165) is 11.6 Å². The van der Waals surface area contributed by atoms with Crippen molar-refractivity contribution >= 4 is 28.7 Å². The van der Waals surface area contributed by atoms with Gasteiger partial charge in [-0.05, 0) is 37.3 Å². The summed E-state index contributed by atoms with van der Waals surface area (Å²) in [7, 11) is 0. The van der Waals surface area contributed by atoms with E-state index >= 15 is 0 Å². The maximum absolute atomic E-state index is 12.9. The van der Waals surface area contributed by atoms with Crippen LogP contribution in [0.25, 0.3) is 0 Å². The topological polar surface area (TPSA) is 49.3 Å². The standard InChI is InChI=1S/C15H13F3N4S/c1-10(11-5-4-8-19-9-11)21-22-14(23)20-13-7-3-2-6-12(13)15(16,17)18/h2-9H,1H3,(H2,20,22,23)/b21-10-. The Balaban J connectivity index is 2.07. The molecule has 23 heavy (non-hydrogen) atoms. The number of aromatic nitrogens is 1. The Bertz CT molecular complexity index is 714. The first kappa shape index (κ1) is 16.9. The quantitative estimate of drug-likeness (QED) is 0.508. The molecule has 2 rings (SSSR count). The maximum Gasteiger partial charge on any atom is 0.418 e. The largest absolute Gasteiger partial charge is 0.418 e. The molecule has 4 nitrogen and oxygen atoms in total. The molecule has 120 valence electrons. The highest BCUT2D eigenvalue weighted by atomic mass is 32.1. The zero-order valence-electron chi connectivity index (χ0n) is 12.1. The van der Waals surface area contributed by atoms with Gasteiger partial charge in [0.15, 0.2) is 5.11 Å². The van der Waals surface area contributed by atoms with Crippen molar-refractivity contribution in [1.29, 1.82) is 0 Å². The lowest BCUT2D eigenvalue weighted by Gasteiger charge is -2.14. The van der Waals surface area contributed by atoms with Crippen LogP contribution in [0, 0.1) is 0 Å². The highest BCUT2D eigenvalue weighted by Gasteiger charge is 2.33. The number of thiocarbonyl (C=S) groups is 1. The fourth-order valence-corrected chi connectivity index (χ4v) is 1.92. The first-order chi connectivity index (χ1) is 10.9. The Morgan fingerprint density at radius 2 is 1.91 bits per heavy atom. The molecule has 0 aliphatic rings. The summed E-state index contributed by atoms with van der Waals surface area (Å²) in [5, 5.41) is 6.49. The van der Waals surface area contributed by atoms with Gasteiger partial charge in [-0.2, -0.15) is 18.3 Å². The molecule has 0 aliphatic carbocycles. The van der Waals surface area contributed by atoms with E-state index in [9.17, 15) is 13.2 Å². The van der Waals surface area contributed by atoms with Gasteiger partial charge in [0.2, 0.25) is 0 Å². The molecule has 1 heterocycles. The molecule has 0 saturated carbocycles. The number of nitrogens with zero attached hydrogens (tertiary/aromatic N) is 2. The van der Waals surface area contributed by atoms with Crippen LogP contribution in [0.3, 0.4) is 0 Å². The molecule has 0 aliphatic heterocycles. The summed E-state index contributed by atoms with van der Waals surface area (Å²) in [6.45, 7) is 1.73. The van der Waals surface area contributed by atoms with Crippen molar-refractivity contribution < 1.29 is 13.2 Å². The van der Waals surface area contributed by atoms with Crippen LogP contribution < -0.4 is 10.7 Å². The van der Waals surface area contributed by atoms with Gasteiger partial charge in [-0.3, -0.25) is 10.4 Å². The number of pyridine rings is 1. The van der Waals surface area contributed by atoms with Gasteiger partial charge in [-0.25, -0.2) is 0 Å². The van der Waals surface area contributed by atoms with Crippen LogP contribution >= 0.6 is 12.2 Å². The van der Waals surface area contributed by atoms with E-state index in [1.807, 2.05) is 6.07 Å². The maximum atomic E-state index is 12.9. The third kappa shape index (κ3) is 4.75. The third-order valence-corrected chi connectivity index (χ3v) is 3.08. The lowest BCUT2D eigenvalue weighted by atomic mass is 10.2. The molecule has 0 fully saturated rings. The van der Waals surface area contributed by atoms with Crippen LogP contribution in [0.1, 0.15) is 18.1 Å². The molecular formula is C15H13F3N4S. The molecule has 0 unspecified atom stereocenters. The van der Waals surface area contributed by atoms with Gasteiger partial charge < -0.3 is 5.32 Å². The minimum Gasteiger partial charge on any atom is -0.331 e. The van der Waals surface area contributed by atoms with Gasteiger partial charge in [0.1, 0.15) is 0 Å². The number of anilines is 1. The predicted octanol–water partition coefficient (Wildman–Crippen LogP) is 3.81. The number of para-hydroxylation sites is 1. The van der Waals surface area contributed by atoms with Crippen LogP contribution in [0.4, 0.5) is 18.9 Å². The van der Waals surface area contributed by atoms with Crippen molar-refractivity contribution in [2.45, 2.75) is 13.1 Å². The van der Waals surface area contributed by atoms with Crippen molar-refractivity contribution in [2.24, 2.45) is 5.10 Å². The van der Waals surface area contributed by atoms with Gasteiger partial charge in [-0.1, -0.05) is 18.2 Å². The average molecular weight is 338 g/mol. The van der Waals surface area contributed by atoms with Crippen LogP contribution in [-0.2, 0) is 6.18 Å². The van der Waals surface area contributed by atoms with E-state index in [2.05, 4.69) is 20.8 Å². The normalized spacial score (nSPS) is 11.9. The number of hydrogen-bond acceptors (Lipinski definition) is 3. The zero-order valence-corrected chi connectivity index (χ0v) is 12.9. The fourth-order valence-electron chi connectivity index (χ4n) is 1.77. The Hall–Kier alpha value is -2.48. The molecule has 0 radical (unpaired) electrons. The molecule has 8 heteroatoms. The van der Waals surface area contributed by atoms with Gasteiger partial charge >= 0.3 is 6.18 Å². The summed E-state index contributed by atoms with van der Waals surface area (Å²) < 4.78 is 38.7. The lowest BCUT2D eigenvalue weighted by Crippen LogP contribution is -2.26. The van der Waals surface area contributed by atoms with Crippen LogP contribution in [0.15, 0.2) is 53.9 Å². The van der Waals surface area contributed by atoms with E-state index in [0.29, 0.717) is 5.71 Å². The summed E-state index contributed by atoms with van der Waals surface area (Å²) in [5.74, 6) is 0. The highest BCUT2D eigenvalue weighted by molar-refractivity contribution is 7.80. The van der Waals surface area contributed by atoms with Gasteiger partial charge in [0.25, 0.3) is 0 Å². The fraction of sp³-hybridized carbons (Fsp3) is 0.133. The first-order valence-electron chi connectivity index (χ1n) is 6.56. The lowest BCUT2D eigenvalue weighted by molar-refractivity contribution is -0.136. The first-order valence-corrected chi connectivity index (χ1v) is 6.96. The predicted molar refractivity (Wildman–Crippen MR) is 87.2 cm³/mol. The van der Waals surface area contributed by atoms with Crippen molar-refractivity contribution in [3.8, 4) is 0 Å². The van der Waals surface area contributed by atoms with Crippen molar-refractivity contribution in [3.05, 3.63) is 59.9 Å². The van der Waals surface area contributed by atoms with E-state index in [1.165, 1.54) is 18.2 Å². The van der Waals surface area contributed by atoms with E-state index < -0.39 is 11.7 Å².